The van der Waals surface area contributed by atoms with Crippen molar-refractivity contribution in [2.75, 3.05) is 0 Å². The maximum absolute atomic E-state index is 8.96. The first kappa shape index (κ1) is 55.7. The van der Waals surface area contributed by atoms with E-state index >= 15 is 0 Å². The van der Waals surface area contributed by atoms with Crippen molar-refractivity contribution in [2.45, 2.75) is 0 Å². The summed E-state index contributed by atoms with van der Waals surface area (Å²) >= 11 is 3.63. The zero-order valence-corrected chi connectivity index (χ0v) is 51.3. The van der Waals surface area contributed by atoms with Crippen LogP contribution in [0.25, 0.3) is 143 Å². The van der Waals surface area contributed by atoms with Gasteiger partial charge in [-0.1, -0.05) is 200 Å². The predicted molar refractivity (Wildman–Crippen MR) is 385 cm³/mol. The molecular formula is C82H55BBrN6O2. The van der Waals surface area contributed by atoms with Gasteiger partial charge in [0, 0.05) is 88.3 Å². The second kappa shape index (κ2) is 24.1. The van der Waals surface area contributed by atoms with E-state index in [0.717, 1.165) is 71.2 Å². The lowest BCUT2D eigenvalue weighted by molar-refractivity contribution is 0.454. The van der Waals surface area contributed by atoms with Crippen LogP contribution < -0.4 is 4.65 Å². The van der Waals surface area contributed by atoms with E-state index in [2.05, 4.69) is 306 Å². The van der Waals surface area contributed by atoms with Crippen LogP contribution in [-0.2, 0) is 0 Å². The third-order valence-electron chi connectivity index (χ3n) is 17.4. The summed E-state index contributed by atoms with van der Waals surface area (Å²) in [5.41, 5.74) is 20.9. The Morgan fingerprint density at radius 3 is 1.13 bits per heavy atom. The van der Waals surface area contributed by atoms with Crippen molar-refractivity contribution in [3.05, 3.63) is 333 Å². The SMILES string of the molecule is Brc1cncc2c1c1ccccc1n2-c1ccccc1.O[B]Oc1ccc2c(c1)c1ccccc1n2-c1ccc(-c2ccccc2)cc1.c1ccc(-c2ccc(-n3c4ccccc4c4cc(-c5cncc6c5c5ccccc5n6-c5ccccc5)ccc43)cc2)cc1. The molecule has 0 aliphatic heterocycles. The minimum atomic E-state index is 0.609. The van der Waals surface area contributed by atoms with Gasteiger partial charge < -0.3 is 27.9 Å². The fourth-order valence-electron chi connectivity index (χ4n) is 13.4. The molecule has 6 heterocycles. The quantitative estimate of drug-likeness (QED) is 0.146. The van der Waals surface area contributed by atoms with Gasteiger partial charge in [-0.2, -0.15) is 0 Å². The van der Waals surface area contributed by atoms with Gasteiger partial charge >= 0.3 is 7.69 Å². The topological polar surface area (TPSA) is 75.0 Å². The summed E-state index contributed by atoms with van der Waals surface area (Å²) in [7, 11) is 0.711. The molecule has 18 rings (SSSR count). The van der Waals surface area contributed by atoms with Crippen LogP contribution >= 0.6 is 15.9 Å². The third-order valence-corrected chi connectivity index (χ3v) is 18.0. The number of benzene rings is 12. The second-order valence-corrected chi connectivity index (χ2v) is 23.5. The first-order chi connectivity index (χ1) is 45.6. The Hall–Kier alpha value is -11.6. The zero-order valence-electron chi connectivity index (χ0n) is 49.7. The van der Waals surface area contributed by atoms with Crippen molar-refractivity contribution < 1.29 is 9.68 Å². The molecule has 0 unspecified atom stereocenters. The maximum Gasteiger partial charge on any atom is 0.569 e. The minimum absolute atomic E-state index is 0.609. The Labute approximate surface area is 539 Å². The molecule has 0 amide bonds. The predicted octanol–water partition coefficient (Wildman–Crippen LogP) is 20.9. The first-order valence-electron chi connectivity index (χ1n) is 30.6. The molecule has 0 fully saturated rings. The van der Waals surface area contributed by atoms with Gasteiger partial charge in [-0.05, 0) is 147 Å². The fraction of sp³-hybridized carbons (Fsp3) is 0. The molecule has 435 valence electrons. The van der Waals surface area contributed by atoms with Crippen molar-refractivity contribution in [3.8, 4) is 61.9 Å². The monoisotopic (exact) mass is 1250 g/mol. The van der Waals surface area contributed by atoms with Crippen LogP contribution in [0.4, 0.5) is 0 Å². The zero-order chi connectivity index (χ0) is 61.5. The van der Waals surface area contributed by atoms with Crippen molar-refractivity contribution >= 4 is 111 Å². The summed E-state index contributed by atoms with van der Waals surface area (Å²) in [6, 6.07) is 106. The fourth-order valence-corrected chi connectivity index (χ4v) is 13.9. The van der Waals surface area contributed by atoms with Crippen LogP contribution in [0.2, 0.25) is 0 Å². The molecule has 0 atom stereocenters. The van der Waals surface area contributed by atoms with Gasteiger partial charge in [-0.15, -0.1) is 0 Å². The average Bonchev–Trinajstić information content (AvgIpc) is 1.61. The summed E-state index contributed by atoms with van der Waals surface area (Å²) < 4.78 is 15.4. The van der Waals surface area contributed by atoms with Gasteiger partial charge in [0.15, 0.2) is 0 Å². The van der Waals surface area contributed by atoms with E-state index in [-0.39, 0.29) is 0 Å². The minimum Gasteiger partial charge on any atom is -0.537 e. The summed E-state index contributed by atoms with van der Waals surface area (Å²) in [6.07, 6.45) is 7.79. The molecule has 0 aliphatic rings. The van der Waals surface area contributed by atoms with E-state index in [9.17, 15) is 0 Å². The van der Waals surface area contributed by atoms with Gasteiger partial charge in [0.05, 0.1) is 56.5 Å². The molecule has 0 bridgehead atoms. The maximum atomic E-state index is 8.96. The van der Waals surface area contributed by atoms with Crippen LogP contribution in [-0.4, -0.2) is 40.9 Å². The average molecular weight is 1250 g/mol. The third kappa shape index (κ3) is 9.95. The van der Waals surface area contributed by atoms with Crippen LogP contribution in [0.3, 0.4) is 0 Å². The number of rotatable bonds is 9. The highest BCUT2D eigenvalue weighted by Gasteiger charge is 2.20. The molecular weight excluding hydrogens is 1190 g/mol. The lowest BCUT2D eigenvalue weighted by atomic mass is 9.99. The molecule has 18 aromatic rings. The van der Waals surface area contributed by atoms with E-state index in [1.54, 1.807) is 0 Å². The molecule has 0 saturated carbocycles. The van der Waals surface area contributed by atoms with Crippen LogP contribution in [0.5, 0.6) is 5.75 Å². The van der Waals surface area contributed by atoms with E-state index in [0.29, 0.717) is 13.4 Å². The molecule has 12 aromatic carbocycles. The van der Waals surface area contributed by atoms with Crippen LogP contribution in [0.15, 0.2) is 333 Å². The molecule has 1 N–H and O–H groups in total. The number of hydrogen-bond acceptors (Lipinski definition) is 4. The van der Waals surface area contributed by atoms with Crippen molar-refractivity contribution in [2.24, 2.45) is 0 Å². The summed E-state index contributed by atoms with van der Waals surface area (Å²) in [6.45, 7) is 0. The van der Waals surface area contributed by atoms with Crippen LogP contribution in [0.1, 0.15) is 0 Å². The van der Waals surface area contributed by atoms with Gasteiger partial charge in [0.25, 0.3) is 0 Å². The molecule has 6 aromatic heterocycles. The molecule has 1 radical (unpaired) electrons. The standard InChI is InChI=1S/C41H27N3.C24H17BNO2.C17H11BrN2/c1-3-11-28(12-4-1)29-19-22-32(23-20-29)43-37-17-9-7-15-33(37)35-25-30(21-24-39(35)43)36-26-42-27-40-41(36)34-16-8-10-18-38(34)44(40)31-13-5-2-6-14-31;27-25-28-20-14-15-24-22(16-20)21-8-4-5-9-23(21)26(24)19-12-10-18(11-13-19)17-6-2-1-3-7-17;18-14-10-19-11-16-17(14)13-8-4-5-9-15(13)20(16)12-6-2-1-3-7-12/h1-27H;1-16,27H;1-11H. The summed E-state index contributed by atoms with van der Waals surface area (Å²) in [5, 5.41) is 18.5. The summed E-state index contributed by atoms with van der Waals surface area (Å²) in [5.74, 6) is 0.609. The number of pyridine rings is 2. The van der Waals surface area contributed by atoms with Gasteiger partial charge in [0.2, 0.25) is 0 Å². The van der Waals surface area contributed by atoms with Crippen molar-refractivity contribution in [1.82, 2.24) is 28.2 Å². The Morgan fingerprint density at radius 2 is 0.630 bits per heavy atom. The Bertz CT molecular complexity index is 5710. The molecule has 0 aliphatic carbocycles. The highest BCUT2D eigenvalue weighted by atomic mass is 79.9. The van der Waals surface area contributed by atoms with Gasteiger partial charge in [0.1, 0.15) is 5.75 Å². The molecule has 0 spiro atoms. The normalized spacial score (nSPS) is 11.4. The van der Waals surface area contributed by atoms with Crippen molar-refractivity contribution in [3.63, 3.8) is 0 Å². The van der Waals surface area contributed by atoms with Gasteiger partial charge in [-0.3, -0.25) is 9.97 Å². The lowest BCUT2D eigenvalue weighted by Gasteiger charge is -2.10. The largest absolute Gasteiger partial charge is 0.569 e. The highest BCUT2D eigenvalue weighted by Crippen LogP contribution is 2.42. The Kier molecular flexibility index (Phi) is 14.6. The molecule has 0 saturated heterocycles. The molecule has 92 heavy (non-hydrogen) atoms. The highest BCUT2D eigenvalue weighted by molar-refractivity contribution is 9.10. The Balaban J connectivity index is 0.000000120. The number of para-hydroxylation sites is 6. The van der Waals surface area contributed by atoms with E-state index in [1.807, 2.05) is 61.2 Å². The number of fused-ring (bicyclic) bond motifs is 12. The Morgan fingerprint density at radius 1 is 0.283 bits per heavy atom. The van der Waals surface area contributed by atoms with E-state index in [1.165, 1.54) is 76.6 Å². The lowest BCUT2D eigenvalue weighted by Crippen LogP contribution is -1.99. The number of hydrogen-bond donors (Lipinski definition) is 1. The molecule has 10 heteroatoms. The number of aromatic nitrogens is 6. The second-order valence-electron chi connectivity index (χ2n) is 22.6. The first-order valence-corrected chi connectivity index (χ1v) is 31.4. The van der Waals surface area contributed by atoms with Crippen molar-refractivity contribution in [1.29, 1.82) is 0 Å². The summed E-state index contributed by atoms with van der Waals surface area (Å²) in [4.78, 5) is 9.10. The van der Waals surface area contributed by atoms with Gasteiger partial charge in [-0.25, -0.2) is 0 Å². The van der Waals surface area contributed by atoms with E-state index in [4.69, 9.17) is 14.7 Å². The van der Waals surface area contributed by atoms with E-state index < -0.39 is 0 Å². The number of halogens is 1. The van der Waals surface area contributed by atoms with Crippen LogP contribution in [0, 0.1) is 0 Å². The number of nitrogens with zero attached hydrogens (tertiary/aromatic N) is 6. The smallest absolute Gasteiger partial charge is 0.537 e. The molecule has 8 nitrogen and oxygen atoms in total.